The highest BCUT2D eigenvalue weighted by atomic mass is 16.5. The fourth-order valence-electron chi connectivity index (χ4n) is 2.20. The minimum atomic E-state index is 0.285. The summed E-state index contributed by atoms with van der Waals surface area (Å²) in [6, 6.07) is 0. The monoisotopic (exact) mass is 187 g/mol. The lowest BCUT2D eigenvalue weighted by atomic mass is 9.74. The molecule has 0 aliphatic carbocycles. The standard InChI is InChI=1S/C11H25NO/c1-5-8-11(6-2,7-3)10(4)13-9-12/h10H,5-9,12H2,1-4H3. The maximum Gasteiger partial charge on any atom is 0.0944 e. The normalized spacial score (nSPS) is 14.5. The van der Waals surface area contributed by atoms with Crippen molar-refractivity contribution >= 4 is 0 Å². The molecule has 1 unspecified atom stereocenters. The Balaban J connectivity index is 4.33. The van der Waals surface area contributed by atoms with E-state index in [0.29, 0.717) is 12.1 Å². The van der Waals surface area contributed by atoms with Crippen molar-refractivity contribution in [2.45, 2.75) is 59.5 Å². The first-order valence-corrected chi connectivity index (χ1v) is 5.48. The van der Waals surface area contributed by atoms with E-state index in [0.717, 1.165) is 0 Å². The van der Waals surface area contributed by atoms with Crippen molar-refractivity contribution in [3.8, 4) is 0 Å². The van der Waals surface area contributed by atoms with Gasteiger partial charge in [0.2, 0.25) is 0 Å². The van der Waals surface area contributed by atoms with Gasteiger partial charge >= 0.3 is 0 Å². The van der Waals surface area contributed by atoms with Gasteiger partial charge in [0.15, 0.2) is 0 Å². The fourth-order valence-corrected chi connectivity index (χ4v) is 2.20. The molecule has 0 aromatic heterocycles. The molecule has 0 saturated heterocycles. The van der Waals surface area contributed by atoms with Crippen LogP contribution in [0.15, 0.2) is 0 Å². The second-order valence-electron chi connectivity index (χ2n) is 3.80. The molecular formula is C11H25NO. The summed E-state index contributed by atoms with van der Waals surface area (Å²) in [6.45, 7) is 9.21. The third-order valence-corrected chi connectivity index (χ3v) is 3.36. The van der Waals surface area contributed by atoms with Crippen LogP contribution in [0.2, 0.25) is 0 Å². The van der Waals surface area contributed by atoms with Crippen molar-refractivity contribution in [2.75, 3.05) is 6.73 Å². The smallest absolute Gasteiger partial charge is 0.0944 e. The minimum Gasteiger partial charge on any atom is -0.363 e. The van der Waals surface area contributed by atoms with Gasteiger partial charge in [0.25, 0.3) is 0 Å². The minimum absolute atomic E-state index is 0.285. The Morgan fingerprint density at radius 2 is 1.77 bits per heavy atom. The molecule has 0 heterocycles. The molecular weight excluding hydrogens is 162 g/mol. The van der Waals surface area contributed by atoms with E-state index >= 15 is 0 Å². The number of hydrogen-bond acceptors (Lipinski definition) is 2. The zero-order valence-electron chi connectivity index (χ0n) is 9.60. The van der Waals surface area contributed by atoms with Crippen LogP contribution in [0.3, 0.4) is 0 Å². The number of nitrogens with two attached hydrogens (primary N) is 1. The summed E-state index contributed by atoms with van der Waals surface area (Å²) in [5.74, 6) is 0. The molecule has 80 valence electrons. The third kappa shape index (κ3) is 3.28. The van der Waals surface area contributed by atoms with E-state index in [-0.39, 0.29) is 6.10 Å². The van der Waals surface area contributed by atoms with E-state index in [9.17, 15) is 0 Å². The van der Waals surface area contributed by atoms with Crippen molar-refractivity contribution < 1.29 is 4.74 Å². The number of ether oxygens (including phenoxy) is 1. The highest BCUT2D eigenvalue weighted by Gasteiger charge is 2.32. The Bertz CT molecular complexity index is 121. The van der Waals surface area contributed by atoms with Crippen LogP contribution in [-0.4, -0.2) is 12.8 Å². The van der Waals surface area contributed by atoms with Crippen LogP contribution in [0.25, 0.3) is 0 Å². The summed E-state index contributed by atoms with van der Waals surface area (Å²) in [4.78, 5) is 0. The van der Waals surface area contributed by atoms with Gasteiger partial charge in [0.05, 0.1) is 12.8 Å². The Morgan fingerprint density at radius 3 is 2.08 bits per heavy atom. The van der Waals surface area contributed by atoms with Crippen LogP contribution in [0, 0.1) is 5.41 Å². The molecule has 0 radical (unpaired) electrons. The molecule has 0 aromatic rings. The van der Waals surface area contributed by atoms with Crippen molar-refractivity contribution in [2.24, 2.45) is 11.1 Å². The van der Waals surface area contributed by atoms with Crippen LogP contribution in [0.4, 0.5) is 0 Å². The average molecular weight is 187 g/mol. The van der Waals surface area contributed by atoms with Crippen molar-refractivity contribution in [1.29, 1.82) is 0 Å². The van der Waals surface area contributed by atoms with E-state index in [4.69, 9.17) is 10.5 Å². The van der Waals surface area contributed by atoms with E-state index in [2.05, 4.69) is 27.7 Å². The largest absolute Gasteiger partial charge is 0.363 e. The highest BCUT2D eigenvalue weighted by Crippen LogP contribution is 2.37. The van der Waals surface area contributed by atoms with Crippen molar-refractivity contribution in [1.82, 2.24) is 0 Å². The Hall–Kier alpha value is -0.0800. The summed E-state index contributed by atoms with van der Waals surface area (Å²) in [7, 11) is 0. The van der Waals surface area contributed by atoms with Crippen LogP contribution in [0.5, 0.6) is 0 Å². The molecule has 13 heavy (non-hydrogen) atoms. The first-order valence-electron chi connectivity index (χ1n) is 5.48. The van der Waals surface area contributed by atoms with Crippen LogP contribution < -0.4 is 5.73 Å². The van der Waals surface area contributed by atoms with Gasteiger partial charge in [-0.25, -0.2) is 0 Å². The summed E-state index contributed by atoms with van der Waals surface area (Å²) in [6.07, 6.45) is 5.10. The van der Waals surface area contributed by atoms with Gasteiger partial charge in [0.1, 0.15) is 0 Å². The molecule has 0 aromatic carbocycles. The molecule has 0 rings (SSSR count). The second-order valence-corrected chi connectivity index (χ2v) is 3.80. The van der Waals surface area contributed by atoms with Crippen molar-refractivity contribution in [3.05, 3.63) is 0 Å². The third-order valence-electron chi connectivity index (χ3n) is 3.36. The summed E-state index contributed by atoms with van der Waals surface area (Å²) in [5.41, 5.74) is 5.75. The number of rotatable bonds is 7. The molecule has 0 amide bonds. The number of hydrogen-bond donors (Lipinski definition) is 1. The summed E-state index contributed by atoms with van der Waals surface area (Å²) < 4.78 is 5.52. The van der Waals surface area contributed by atoms with Crippen LogP contribution in [-0.2, 0) is 4.74 Å². The SMILES string of the molecule is CCCC(CC)(CC)C(C)OCN. The molecule has 0 aliphatic rings. The van der Waals surface area contributed by atoms with Gasteiger partial charge in [-0.15, -0.1) is 0 Å². The molecule has 0 aliphatic heterocycles. The quantitative estimate of drug-likeness (QED) is 0.622. The lowest BCUT2D eigenvalue weighted by Crippen LogP contribution is -2.35. The molecule has 2 N–H and O–H groups in total. The molecule has 0 spiro atoms. The van der Waals surface area contributed by atoms with E-state index in [1.54, 1.807) is 0 Å². The van der Waals surface area contributed by atoms with Gasteiger partial charge in [0, 0.05) is 0 Å². The predicted octanol–water partition coefficient (Wildman–Crippen LogP) is 2.91. The molecule has 2 nitrogen and oxygen atoms in total. The van der Waals surface area contributed by atoms with Crippen LogP contribution >= 0.6 is 0 Å². The molecule has 1 atom stereocenters. The van der Waals surface area contributed by atoms with Gasteiger partial charge in [-0.3, -0.25) is 0 Å². The zero-order valence-corrected chi connectivity index (χ0v) is 9.60. The van der Waals surface area contributed by atoms with E-state index in [1.165, 1.54) is 25.7 Å². The first kappa shape index (κ1) is 12.9. The Kier molecular flexibility index (Phi) is 6.35. The molecule has 2 heteroatoms. The summed E-state index contributed by atoms with van der Waals surface area (Å²) >= 11 is 0. The Labute approximate surface area is 82.8 Å². The Morgan fingerprint density at radius 1 is 1.23 bits per heavy atom. The average Bonchev–Trinajstić information content (AvgIpc) is 2.14. The van der Waals surface area contributed by atoms with Gasteiger partial charge in [-0.2, -0.15) is 0 Å². The first-order chi connectivity index (χ1) is 6.16. The maximum absolute atomic E-state index is 5.52. The maximum atomic E-state index is 5.52. The highest BCUT2D eigenvalue weighted by molar-refractivity contribution is 4.82. The molecule has 0 saturated carbocycles. The predicted molar refractivity (Wildman–Crippen MR) is 57.5 cm³/mol. The topological polar surface area (TPSA) is 35.2 Å². The summed E-state index contributed by atoms with van der Waals surface area (Å²) in [5, 5.41) is 0. The van der Waals surface area contributed by atoms with E-state index < -0.39 is 0 Å². The van der Waals surface area contributed by atoms with Gasteiger partial charge in [-0.05, 0) is 31.6 Å². The lowest BCUT2D eigenvalue weighted by Gasteiger charge is -2.37. The van der Waals surface area contributed by atoms with Crippen molar-refractivity contribution in [3.63, 3.8) is 0 Å². The zero-order chi connectivity index (χ0) is 10.3. The second kappa shape index (κ2) is 6.39. The van der Waals surface area contributed by atoms with Crippen LogP contribution in [0.1, 0.15) is 53.4 Å². The van der Waals surface area contributed by atoms with Gasteiger partial charge < -0.3 is 10.5 Å². The fraction of sp³-hybridized carbons (Fsp3) is 1.00. The molecule has 0 fully saturated rings. The van der Waals surface area contributed by atoms with E-state index in [1.807, 2.05) is 0 Å². The van der Waals surface area contributed by atoms with Gasteiger partial charge in [-0.1, -0.05) is 27.2 Å². The molecule has 0 bridgehead atoms. The lowest BCUT2D eigenvalue weighted by molar-refractivity contribution is -0.0372.